The predicted octanol–water partition coefficient (Wildman–Crippen LogP) is -0.127. The van der Waals surface area contributed by atoms with Crippen molar-refractivity contribution < 1.29 is 19.8 Å². The molecule has 2 amide bonds. The van der Waals surface area contributed by atoms with E-state index in [1.165, 1.54) is 4.90 Å². The van der Waals surface area contributed by atoms with E-state index in [0.717, 1.165) is 12.8 Å². The standard InChI is InChI=1S/C9H18N2O4/c1-3-4-5-11(2)9(15)10-6-7(12)8(13)14/h7,12H,3-6H2,1-2H3,(H,10,15)(H,13,14). The van der Waals surface area contributed by atoms with Gasteiger partial charge >= 0.3 is 12.0 Å². The first-order valence-electron chi connectivity index (χ1n) is 4.88. The van der Waals surface area contributed by atoms with Crippen LogP contribution in [0.4, 0.5) is 4.79 Å². The van der Waals surface area contributed by atoms with Gasteiger partial charge in [-0.25, -0.2) is 9.59 Å². The lowest BCUT2D eigenvalue weighted by Gasteiger charge is -2.18. The quantitative estimate of drug-likeness (QED) is 0.579. The zero-order valence-electron chi connectivity index (χ0n) is 9.06. The van der Waals surface area contributed by atoms with Gasteiger partial charge in [-0.15, -0.1) is 0 Å². The number of unbranched alkanes of at least 4 members (excludes halogenated alkanes) is 1. The Balaban J connectivity index is 3.77. The second kappa shape index (κ2) is 7.05. The molecule has 0 saturated heterocycles. The van der Waals surface area contributed by atoms with Crippen LogP contribution in [0.3, 0.4) is 0 Å². The van der Waals surface area contributed by atoms with Crippen LogP contribution >= 0.6 is 0 Å². The SMILES string of the molecule is CCCCN(C)C(=O)NCC(O)C(=O)O. The first-order valence-corrected chi connectivity index (χ1v) is 4.88. The van der Waals surface area contributed by atoms with Crippen molar-refractivity contribution in [2.75, 3.05) is 20.1 Å². The lowest BCUT2D eigenvalue weighted by Crippen LogP contribution is -2.43. The van der Waals surface area contributed by atoms with E-state index in [0.29, 0.717) is 6.54 Å². The van der Waals surface area contributed by atoms with Gasteiger partial charge in [-0.05, 0) is 6.42 Å². The summed E-state index contributed by atoms with van der Waals surface area (Å²) in [5.74, 6) is -1.34. The van der Waals surface area contributed by atoms with Crippen molar-refractivity contribution >= 4 is 12.0 Å². The molecular formula is C9H18N2O4. The first-order chi connectivity index (χ1) is 6.99. The summed E-state index contributed by atoms with van der Waals surface area (Å²) in [6, 6.07) is -0.372. The highest BCUT2D eigenvalue weighted by Gasteiger charge is 2.15. The summed E-state index contributed by atoms with van der Waals surface area (Å²) in [6.45, 7) is 2.36. The normalized spacial score (nSPS) is 11.9. The number of hydrogen-bond donors (Lipinski definition) is 3. The van der Waals surface area contributed by atoms with Gasteiger partial charge in [0, 0.05) is 13.6 Å². The molecule has 6 nitrogen and oxygen atoms in total. The van der Waals surface area contributed by atoms with Crippen LogP contribution in [0.2, 0.25) is 0 Å². The number of carboxylic acid groups (broad SMARTS) is 1. The van der Waals surface area contributed by atoms with Gasteiger partial charge in [0.15, 0.2) is 6.10 Å². The van der Waals surface area contributed by atoms with Crippen LogP contribution < -0.4 is 5.32 Å². The largest absolute Gasteiger partial charge is 0.479 e. The van der Waals surface area contributed by atoms with Crippen molar-refractivity contribution in [3.8, 4) is 0 Å². The van der Waals surface area contributed by atoms with E-state index in [2.05, 4.69) is 5.32 Å². The van der Waals surface area contributed by atoms with Crippen molar-refractivity contribution in [1.29, 1.82) is 0 Å². The maximum Gasteiger partial charge on any atom is 0.334 e. The Hall–Kier alpha value is -1.30. The Bertz CT molecular complexity index is 220. The Kier molecular flexibility index (Phi) is 6.44. The Labute approximate surface area is 88.9 Å². The lowest BCUT2D eigenvalue weighted by molar-refractivity contribution is -0.146. The van der Waals surface area contributed by atoms with E-state index >= 15 is 0 Å². The van der Waals surface area contributed by atoms with Crippen molar-refractivity contribution in [3.05, 3.63) is 0 Å². The van der Waals surface area contributed by atoms with E-state index in [9.17, 15) is 9.59 Å². The van der Waals surface area contributed by atoms with Crippen molar-refractivity contribution in [2.24, 2.45) is 0 Å². The third-order valence-corrected chi connectivity index (χ3v) is 1.93. The molecule has 0 heterocycles. The average Bonchev–Trinajstić information content (AvgIpc) is 2.21. The topological polar surface area (TPSA) is 89.9 Å². The van der Waals surface area contributed by atoms with E-state index in [1.807, 2.05) is 6.92 Å². The molecule has 3 N–H and O–H groups in total. The lowest BCUT2D eigenvalue weighted by atomic mass is 10.3. The van der Waals surface area contributed by atoms with Gasteiger partial charge in [0.2, 0.25) is 0 Å². The third kappa shape index (κ3) is 5.90. The molecule has 0 aromatic carbocycles. The molecule has 1 unspecified atom stereocenters. The first kappa shape index (κ1) is 13.7. The number of urea groups is 1. The second-order valence-electron chi connectivity index (χ2n) is 3.32. The highest BCUT2D eigenvalue weighted by molar-refractivity contribution is 5.76. The van der Waals surface area contributed by atoms with Gasteiger partial charge in [-0.2, -0.15) is 0 Å². The van der Waals surface area contributed by atoms with Gasteiger partial charge in [-0.1, -0.05) is 13.3 Å². The molecule has 0 bridgehead atoms. The van der Waals surface area contributed by atoms with Crippen molar-refractivity contribution in [3.63, 3.8) is 0 Å². The fourth-order valence-corrected chi connectivity index (χ4v) is 0.903. The number of nitrogens with zero attached hydrogens (tertiary/aromatic N) is 1. The van der Waals surface area contributed by atoms with Crippen LogP contribution in [0.25, 0.3) is 0 Å². The molecule has 0 radical (unpaired) electrons. The number of hydrogen-bond acceptors (Lipinski definition) is 3. The van der Waals surface area contributed by atoms with Crippen LogP contribution in [0, 0.1) is 0 Å². The Morgan fingerprint density at radius 2 is 2.07 bits per heavy atom. The highest BCUT2D eigenvalue weighted by atomic mass is 16.4. The van der Waals surface area contributed by atoms with Gasteiger partial charge in [0.1, 0.15) is 0 Å². The molecule has 0 aliphatic rings. The number of aliphatic carboxylic acids is 1. The summed E-state index contributed by atoms with van der Waals surface area (Å²) in [6.07, 6.45) is 0.328. The number of aliphatic hydroxyl groups excluding tert-OH is 1. The summed E-state index contributed by atoms with van der Waals surface area (Å²) in [5, 5.41) is 19.6. The maximum absolute atomic E-state index is 11.3. The number of carbonyl (C=O) groups is 2. The number of rotatable bonds is 6. The third-order valence-electron chi connectivity index (χ3n) is 1.93. The molecule has 0 spiro atoms. The van der Waals surface area contributed by atoms with E-state index in [4.69, 9.17) is 10.2 Å². The molecule has 0 fully saturated rings. The van der Waals surface area contributed by atoms with Crippen LogP contribution in [0.1, 0.15) is 19.8 Å². The summed E-state index contributed by atoms with van der Waals surface area (Å²) in [5.41, 5.74) is 0. The minimum absolute atomic E-state index is 0.273. The predicted molar refractivity (Wildman–Crippen MR) is 54.6 cm³/mol. The number of amides is 2. The van der Waals surface area contributed by atoms with E-state index < -0.39 is 12.1 Å². The Morgan fingerprint density at radius 3 is 2.53 bits per heavy atom. The highest BCUT2D eigenvalue weighted by Crippen LogP contribution is 1.92. The van der Waals surface area contributed by atoms with E-state index in [-0.39, 0.29) is 12.6 Å². The molecule has 88 valence electrons. The Morgan fingerprint density at radius 1 is 1.47 bits per heavy atom. The molecule has 0 rings (SSSR count). The molecule has 0 aromatic heterocycles. The molecule has 0 aliphatic carbocycles. The fraction of sp³-hybridized carbons (Fsp3) is 0.778. The summed E-state index contributed by atoms with van der Waals surface area (Å²) in [4.78, 5) is 23.0. The molecular weight excluding hydrogens is 200 g/mol. The molecule has 6 heteroatoms. The average molecular weight is 218 g/mol. The zero-order chi connectivity index (χ0) is 11.8. The van der Waals surface area contributed by atoms with Gasteiger partial charge in [0.25, 0.3) is 0 Å². The summed E-state index contributed by atoms with van der Waals surface area (Å²) in [7, 11) is 1.62. The van der Waals surface area contributed by atoms with E-state index in [1.54, 1.807) is 7.05 Å². The second-order valence-corrected chi connectivity index (χ2v) is 3.32. The summed E-state index contributed by atoms with van der Waals surface area (Å²) < 4.78 is 0. The minimum Gasteiger partial charge on any atom is -0.479 e. The maximum atomic E-state index is 11.3. The number of carbonyl (C=O) groups excluding carboxylic acids is 1. The molecule has 0 saturated carbocycles. The zero-order valence-corrected chi connectivity index (χ0v) is 9.06. The van der Waals surface area contributed by atoms with Gasteiger partial charge in [0.05, 0.1) is 6.54 Å². The van der Waals surface area contributed by atoms with Crippen molar-refractivity contribution in [2.45, 2.75) is 25.9 Å². The molecule has 0 aliphatic heterocycles. The van der Waals surface area contributed by atoms with Crippen LogP contribution in [0.15, 0.2) is 0 Å². The number of nitrogens with one attached hydrogen (secondary N) is 1. The smallest absolute Gasteiger partial charge is 0.334 e. The monoisotopic (exact) mass is 218 g/mol. The molecule has 0 aromatic rings. The fourth-order valence-electron chi connectivity index (χ4n) is 0.903. The van der Waals surface area contributed by atoms with Gasteiger partial charge < -0.3 is 20.4 Å². The van der Waals surface area contributed by atoms with Gasteiger partial charge in [-0.3, -0.25) is 0 Å². The molecule has 1 atom stereocenters. The number of carboxylic acids is 1. The van der Waals surface area contributed by atoms with Crippen molar-refractivity contribution in [1.82, 2.24) is 10.2 Å². The number of aliphatic hydroxyl groups is 1. The molecule has 15 heavy (non-hydrogen) atoms. The summed E-state index contributed by atoms with van der Waals surface area (Å²) >= 11 is 0. The van der Waals surface area contributed by atoms with Crippen LogP contribution in [-0.4, -0.2) is 53.4 Å². The van der Waals surface area contributed by atoms with Crippen LogP contribution in [0.5, 0.6) is 0 Å². The van der Waals surface area contributed by atoms with Crippen LogP contribution in [-0.2, 0) is 4.79 Å². The minimum atomic E-state index is -1.55.